The van der Waals surface area contributed by atoms with Crippen LogP contribution in [0.2, 0.25) is 0 Å². The first-order valence-corrected chi connectivity index (χ1v) is 11.2. The maximum atomic E-state index is 12.1. The molecule has 0 radical (unpaired) electrons. The summed E-state index contributed by atoms with van der Waals surface area (Å²) in [4.78, 5) is 0. The lowest BCUT2D eigenvalue weighted by molar-refractivity contribution is 0.0979. The highest BCUT2D eigenvalue weighted by Crippen LogP contribution is 2.55. The van der Waals surface area contributed by atoms with Gasteiger partial charge in [0, 0.05) is 11.8 Å². The molecule has 2 aromatic rings. The van der Waals surface area contributed by atoms with E-state index in [2.05, 4.69) is 6.92 Å². The number of phenols is 1. The van der Waals surface area contributed by atoms with Crippen LogP contribution in [-0.2, 0) is 14.8 Å². The number of phenolic OH excluding ortho intramolecular Hbond substituents is 1. The Hall–Kier alpha value is -2.09. The van der Waals surface area contributed by atoms with Gasteiger partial charge in [-0.3, -0.25) is 0 Å². The molecule has 0 aromatic heterocycles. The van der Waals surface area contributed by atoms with Gasteiger partial charge in [0.1, 0.15) is 16.7 Å². The molecule has 7 heteroatoms. The van der Waals surface area contributed by atoms with Crippen molar-refractivity contribution in [2.45, 2.75) is 49.1 Å². The lowest BCUT2D eigenvalue weighted by Crippen LogP contribution is -2.42. The number of hydrogen-bond donors (Lipinski definition) is 2. The van der Waals surface area contributed by atoms with Gasteiger partial charge in [-0.25, -0.2) is 13.6 Å². The van der Waals surface area contributed by atoms with Gasteiger partial charge in [-0.1, -0.05) is 31.2 Å². The van der Waals surface area contributed by atoms with Gasteiger partial charge in [0.05, 0.1) is 18.8 Å². The van der Waals surface area contributed by atoms with Crippen LogP contribution in [-0.4, -0.2) is 37.6 Å². The molecule has 6 nitrogen and oxygen atoms in total. The van der Waals surface area contributed by atoms with E-state index in [1.165, 1.54) is 0 Å². The van der Waals surface area contributed by atoms with Crippen molar-refractivity contribution in [3.63, 3.8) is 0 Å². The number of ether oxygens (including phenoxy) is 2. The minimum Gasteiger partial charge on any atom is -0.508 e. The van der Waals surface area contributed by atoms with Crippen LogP contribution in [0, 0.1) is 0 Å². The zero-order valence-corrected chi connectivity index (χ0v) is 16.5. The zero-order chi connectivity index (χ0) is 19.9. The smallest absolute Gasteiger partial charge is 0.214 e. The van der Waals surface area contributed by atoms with Crippen molar-refractivity contribution in [2.75, 3.05) is 6.61 Å². The summed E-state index contributed by atoms with van der Waals surface area (Å²) in [6, 6.07) is 14.8. The van der Waals surface area contributed by atoms with E-state index in [1.54, 1.807) is 12.1 Å². The lowest BCUT2D eigenvalue weighted by Gasteiger charge is -2.32. The molecule has 4 rings (SSSR count). The molecule has 150 valence electrons. The van der Waals surface area contributed by atoms with Gasteiger partial charge in [-0.15, -0.1) is 0 Å². The monoisotopic (exact) mass is 403 g/mol. The average Bonchev–Trinajstić information content (AvgIpc) is 3.26. The predicted molar refractivity (Wildman–Crippen MR) is 106 cm³/mol. The number of primary sulfonamides is 1. The molecule has 2 heterocycles. The molecule has 0 amide bonds. The van der Waals surface area contributed by atoms with E-state index in [0.717, 1.165) is 23.3 Å². The number of hydrogen-bond acceptors (Lipinski definition) is 5. The fourth-order valence-corrected chi connectivity index (χ4v) is 5.60. The summed E-state index contributed by atoms with van der Waals surface area (Å²) in [6.07, 6.45) is 0.615. The van der Waals surface area contributed by atoms with Crippen molar-refractivity contribution in [3.8, 4) is 11.5 Å². The molecule has 2 aliphatic rings. The molecule has 2 saturated heterocycles. The van der Waals surface area contributed by atoms with Crippen LogP contribution in [0.3, 0.4) is 0 Å². The minimum absolute atomic E-state index is 0.00556. The summed E-state index contributed by atoms with van der Waals surface area (Å²) in [5, 5.41) is 14.4. The van der Waals surface area contributed by atoms with Crippen LogP contribution in [0.5, 0.6) is 11.5 Å². The number of aromatic hydroxyl groups is 1. The molecular weight excluding hydrogens is 378 g/mol. The Morgan fingerprint density at radius 1 is 1.07 bits per heavy atom. The summed E-state index contributed by atoms with van der Waals surface area (Å²) < 4.78 is 36.0. The van der Waals surface area contributed by atoms with Gasteiger partial charge in [-0.2, -0.15) is 0 Å². The van der Waals surface area contributed by atoms with Crippen molar-refractivity contribution in [1.29, 1.82) is 0 Å². The third-order valence-corrected chi connectivity index (χ3v) is 7.05. The predicted octanol–water partition coefficient (Wildman–Crippen LogP) is 2.88. The van der Waals surface area contributed by atoms with E-state index in [4.69, 9.17) is 14.6 Å². The fraction of sp³-hybridized carbons (Fsp3) is 0.429. The van der Waals surface area contributed by atoms with Crippen molar-refractivity contribution in [2.24, 2.45) is 5.14 Å². The molecule has 2 fully saturated rings. The van der Waals surface area contributed by atoms with Gasteiger partial charge < -0.3 is 14.6 Å². The van der Waals surface area contributed by atoms with Gasteiger partial charge >= 0.3 is 0 Å². The minimum atomic E-state index is -3.70. The normalized spacial score (nSPS) is 29.1. The maximum Gasteiger partial charge on any atom is 0.214 e. The van der Waals surface area contributed by atoms with Gasteiger partial charge in [0.15, 0.2) is 0 Å². The van der Waals surface area contributed by atoms with Gasteiger partial charge in [0.2, 0.25) is 10.0 Å². The van der Waals surface area contributed by atoms with Crippen molar-refractivity contribution in [1.82, 2.24) is 0 Å². The van der Waals surface area contributed by atoms with Crippen LogP contribution in [0.25, 0.3) is 0 Å². The van der Waals surface area contributed by atoms with Crippen LogP contribution < -0.4 is 9.88 Å². The van der Waals surface area contributed by atoms with Gasteiger partial charge in [-0.05, 0) is 48.2 Å². The topological polar surface area (TPSA) is 98.9 Å². The molecule has 2 bridgehead atoms. The van der Waals surface area contributed by atoms with E-state index in [9.17, 15) is 13.5 Å². The van der Waals surface area contributed by atoms with Crippen molar-refractivity contribution >= 4 is 10.0 Å². The number of sulfonamides is 1. The number of benzene rings is 2. The SMILES string of the molecule is CCCOc1ccc([C@@H]2[C@H]3O[C@H](C[C@@H]3S(N)(=O)=O)[C@H]2c2ccc(O)cc2)cc1. The highest BCUT2D eigenvalue weighted by atomic mass is 32.2. The summed E-state index contributed by atoms with van der Waals surface area (Å²) in [7, 11) is -3.70. The molecule has 0 unspecified atom stereocenters. The summed E-state index contributed by atoms with van der Waals surface area (Å²) in [5.41, 5.74) is 2.03. The van der Waals surface area contributed by atoms with E-state index < -0.39 is 21.4 Å². The van der Waals surface area contributed by atoms with E-state index in [-0.39, 0.29) is 23.7 Å². The zero-order valence-electron chi connectivity index (χ0n) is 15.7. The van der Waals surface area contributed by atoms with E-state index >= 15 is 0 Å². The first kappa shape index (κ1) is 19.2. The van der Waals surface area contributed by atoms with E-state index in [0.29, 0.717) is 13.0 Å². The highest BCUT2D eigenvalue weighted by Gasteiger charge is 2.58. The second kappa shape index (κ2) is 7.39. The Morgan fingerprint density at radius 2 is 1.68 bits per heavy atom. The number of nitrogens with two attached hydrogens (primary N) is 1. The quantitative estimate of drug-likeness (QED) is 0.773. The molecule has 28 heavy (non-hydrogen) atoms. The summed E-state index contributed by atoms with van der Waals surface area (Å²) in [5.74, 6) is 0.862. The van der Waals surface area contributed by atoms with Crippen molar-refractivity contribution in [3.05, 3.63) is 59.7 Å². The Bertz CT molecular complexity index is 926. The third-order valence-electron chi connectivity index (χ3n) is 5.74. The van der Waals surface area contributed by atoms with Crippen LogP contribution in [0.1, 0.15) is 42.7 Å². The molecule has 0 spiro atoms. The molecule has 0 aliphatic carbocycles. The largest absolute Gasteiger partial charge is 0.508 e. The second-order valence-corrected chi connectivity index (χ2v) is 9.35. The van der Waals surface area contributed by atoms with E-state index in [1.807, 2.05) is 36.4 Å². The first-order chi connectivity index (χ1) is 13.4. The Kier molecular flexibility index (Phi) is 5.07. The van der Waals surface area contributed by atoms with Gasteiger partial charge in [0.25, 0.3) is 0 Å². The van der Waals surface area contributed by atoms with Crippen LogP contribution >= 0.6 is 0 Å². The Morgan fingerprint density at radius 3 is 2.29 bits per heavy atom. The molecule has 5 atom stereocenters. The Balaban J connectivity index is 1.70. The molecule has 2 aromatic carbocycles. The van der Waals surface area contributed by atoms with Crippen molar-refractivity contribution < 1.29 is 23.0 Å². The lowest BCUT2D eigenvalue weighted by atomic mass is 9.72. The Labute approximate surface area is 165 Å². The average molecular weight is 404 g/mol. The molecular formula is C21H25NO5S. The number of fused-ring (bicyclic) bond motifs is 2. The molecule has 3 N–H and O–H groups in total. The van der Waals surface area contributed by atoms with Crippen LogP contribution in [0.4, 0.5) is 0 Å². The molecule has 0 saturated carbocycles. The summed E-state index contributed by atoms with van der Waals surface area (Å²) in [6.45, 7) is 2.71. The second-order valence-electron chi connectivity index (χ2n) is 7.56. The van der Waals surface area contributed by atoms with Crippen LogP contribution in [0.15, 0.2) is 48.5 Å². The maximum absolute atomic E-state index is 12.1. The third kappa shape index (κ3) is 3.50. The fourth-order valence-electron chi connectivity index (χ4n) is 4.53. The highest BCUT2D eigenvalue weighted by molar-refractivity contribution is 7.89. The standard InChI is InChI=1S/C21H25NO5S/c1-2-11-26-16-9-5-14(6-10-16)20-19(13-3-7-15(23)8-4-13)17-12-18(21(20)27-17)28(22,24)25/h3-10,17-21,23H,2,11-12H2,1H3,(H2,22,24,25)/t17-,18+,19-,20+,21+/m1/s1. The first-order valence-electron chi connectivity index (χ1n) is 9.57. The molecule has 2 aliphatic heterocycles. The summed E-state index contributed by atoms with van der Waals surface area (Å²) >= 11 is 0. The number of rotatable bonds is 6.